The molecule has 0 saturated heterocycles. The molecular weight excluding hydrogens is 392 g/mol. The zero-order valence-corrected chi connectivity index (χ0v) is 15.8. The van der Waals surface area contributed by atoms with E-state index in [-0.39, 0.29) is 0 Å². The first kappa shape index (κ1) is 18.2. The van der Waals surface area contributed by atoms with Crippen molar-refractivity contribution in [1.82, 2.24) is 0 Å². The summed E-state index contributed by atoms with van der Waals surface area (Å²) in [4.78, 5) is 10.8. The number of carbonyl (C=O) groups is 1. The molecule has 0 heterocycles. The molecule has 0 aromatic heterocycles. The Morgan fingerprint density at radius 3 is 1.65 bits per heavy atom. The minimum atomic E-state index is -0.401. The van der Waals surface area contributed by atoms with Gasteiger partial charge in [0.15, 0.2) is 0 Å². The van der Waals surface area contributed by atoms with Crippen molar-refractivity contribution in [2.75, 3.05) is 0 Å². The van der Waals surface area contributed by atoms with Gasteiger partial charge in [-0.2, -0.15) is 0 Å². The van der Waals surface area contributed by atoms with Crippen LogP contribution in [0.3, 0.4) is 0 Å². The fourth-order valence-electron chi connectivity index (χ4n) is 2.48. The van der Waals surface area contributed by atoms with Crippen molar-refractivity contribution in [2.24, 2.45) is 0 Å². The lowest BCUT2D eigenvalue weighted by Gasteiger charge is -2.13. The molecule has 0 aliphatic heterocycles. The molecule has 0 amide bonds. The Kier molecular flexibility index (Phi) is 6.45. The molecule has 3 aromatic carbocycles. The van der Waals surface area contributed by atoms with Crippen LogP contribution in [0.15, 0.2) is 78.9 Å². The topological polar surface area (TPSA) is 35.5 Å². The van der Waals surface area contributed by atoms with Gasteiger partial charge in [-0.25, -0.2) is 0 Å². The number of ether oxygens (including phenoxy) is 2. The van der Waals surface area contributed by atoms with Gasteiger partial charge in [0.1, 0.15) is 31.0 Å². The van der Waals surface area contributed by atoms with Gasteiger partial charge in [-0.3, -0.25) is 0 Å². The largest absolute Gasteiger partial charge is 0.489 e. The molecule has 0 aliphatic carbocycles. The van der Waals surface area contributed by atoms with Crippen molar-refractivity contribution < 1.29 is 14.3 Å². The summed E-state index contributed by atoms with van der Waals surface area (Å²) in [6.07, 6.45) is 0.845. The van der Waals surface area contributed by atoms with Crippen LogP contribution in [0, 0.1) is 0 Å². The highest BCUT2D eigenvalue weighted by atomic mass is 79.9. The quantitative estimate of drug-likeness (QED) is 0.364. The lowest BCUT2D eigenvalue weighted by atomic mass is 10.1. The van der Waals surface area contributed by atoms with Crippen LogP contribution >= 0.6 is 15.9 Å². The van der Waals surface area contributed by atoms with E-state index in [0.717, 1.165) is 23.0 Å². The van der Waals surface area contributed by atoms with Crippen LogP contribution in [0.1, 0.15) is 21.5 Å². The van der Waals surface area contributed by atoms with Gasteiger partial charge >= 0.3 is 0 Å². The van der Waals surface area contributed by atoms with E-state index < -0.39 is 4.83 Å². The van der Waals surface area contributed by atoms with E-state index in [2.05, 4.69) is 15.9 Å². The molecule has 1 atom stereocenters. The van der Waals surface area contributed by atoms with E-state index in [9.17, 15) is 4.79 Å². The molecule has 0 aliphatic rings. The molecule has 0 N–H and O–H groups in total. The Hall–Kier alpha value is -2.59. The van der Waals surface area contributed by atoms with Crippen molar-refractivity contribution in [3.05, 3.63) is 95.6 Å². The molecular formula is C22H19BrO3. The average molecular weight is 411 g/mol. The molecule has 4 heteroatoms. The number of carbonyl (C=O) groups excluding carboxylic acids is 1. The Labute approximate surface area is 161 Å². The second kappa shape index (κ2) is 9.20. The summed E-state index contributed by atoms with van der Waals surface area (Å²) < 4.78 is 11.8. The van der Waals surface area contributed by atoms with Crippen LogP contribution in [0.5, 0.6) is 11.5 Å². The molecule has 3 nitrogen and oxygen atoms in total. The van der Waals surface area contributed by atoms with Crippen LogP contribution < -0.4 is 9.47 Å². The average Bonchev–Trinajstić information content (AvgIpc) is 2.71. The first-order valence-electron chi connectivity index (χ1n) is 8.32. The Morgan fingerprint density at radius 1 is 0.769 bits per heavy atom. The highest BCUT2D eigenvalue weighted by Crippen LogP contribution is 2.30. The molecule has 0 radical (unpaired) electrons. The predicted molar refractivity (Wildman–Crippen MR) is 106 cm³/mol. The smallest absolute Gasteiger partial charge is 0.138 e. The van der Waals surface area contributed by atoms with E-state index in [1.807, 2.05) is 78.9 Å². The van der Waals surface area contributed by atoms with Crippen molar-refractivity contribution >= 4 is 22.2 Å². The van der Waals surface area contributed by atoms with Crippen LogP contribution in [0.4, 0.5) is 0 Å². The Balaban J connectivity index is 1.75. The van der Waals surface area contributed by atoms with Gasteiger partial charge in [0.25, 0.3) is 0 Å². The van der Waals surface area contributed by atoms with Gasteiger partial charge in [0.05, 0.1) is 4.83 Å². The van der Waals surface area contributed by atoms with Gasteiger partial charge in [-0.15, -0.1) is 0 Å². The summed E-state index contributed by atoms with van der Waals surface area (Å²) in [6.45, 7) is 0.910. The van der Waals surface area contributed by atoms with E-state index in [0.29, 0.717) is 24.7 Å². The third kappa shape index (κ3) is 5.20. The maximum absolute atomic E-state index is 11.2. The third-order valence-electron chi connectivity index (χ3n) is 3.84. The first-order valence-corrected chi connectivity index (χ1v) is 9.24. The van der Waals surface area contributed by atoms with Gasteiger partial charge in [0.2, 0.25) is 0 Å². The number of benzene rings is 3. The fraction of sp³-hybridized carbons (Fsp3) is 0.136. The predicted octanol–water partition coefficient (Wildman–Crippen LogP) is 5.48. The third-order valence-corrected chi connectivity index (χ3v) is 4.58. The van der Waals surface area contributed by atoms with Crippen molar-refractivity contribution in [1.29, 1.82) is 0 Å². The minimum absolute atomic E-state index is 0.401. The second-order valence-electron chi connectivity index (χ2n) is 5.82. The molecule has 3 rings (SSSR count). The molecule has 0 saturated carbocycles. The summed E-state index contributed by atoms with van der Waals surface area (Å²) in [5.41, 5.74) is 2.96. The zero-order chi connectivity index (χ0) is 18.2. The van der Waals surface area contributed by atoms with Crippen molar-refractivity contribution in [3.63, 3.8) is 0 Å². The molecule has 0 bridgehead atoms. The fourth-order valence-corrected chi connectivity index (χ4v) is 2.74. The van der Waals surface area contributed by atoms with E-state index >= 15 is 0 Å². The molecule has 0 spiro atoms. The van der Waals surface area contributed by atoms with Crippen molar-refractivity contribution in [2.45, 2.75) is 18.0 Å². The maximum atomic E-state index is 11.2. The number of halogens is 1. The normalized spacial score (nSPS) is 11.6. The van der Waals surface area contributed by atoms with Gasteiger partial charge < -0.3 is 14.3 Å². The maximum Gasteiger partial charge on any atom is 0.138 e. The summed E-state index contributed by atoms with van der Waals surface area (Å²) in [7, 11) is 0. The lowest BCUT2D eigenvalue weighted by Crippen LogP contribution is -2.00. The lowest BCUT2D eigenvalue weighted by molar-refractivity contribution is -0.107. The van der Waals surface area contributed by atoms with Crippen LogP contribution in [0.2, 0.25) is 0 Å². The monoisotopic (exact) mass is 410 g/mol. The number of hydrogen-bond donors (Lipinski definition) is 0. The van der Waals surface area contributed by atoms with Crippen LogP contribution in [-0.2, 0) is 18.0 Å². The summed E-state index contributed by atoms with van der Waals surface area (Å²) >= 11 is 3.37. The second-order valence-corrected chi connectivity index (χ2v) is 6.81. The summed E-state index contributed by atoms with van der Waals surface area (Å²) in [5.74, 6) is 1.33. The highest BCUT2D eigenvalue weighted by molar-refractivity contribution is 9.09. The summed E-state index contributed by atoms with van der Waals surface area (Å²) in [5, 5.41) is 0. The molecule has 3 aromatic rings. The molecule has 132 valence electrons. The molecule has 26 heavy (non-hydrogen) atoms. The van der Waals surface area contributed by atoms with Gasteiger partial charge in [-0.05, 0) is 28.8 Å². The highest BCUT2D eigenvalue weighted by Gasteiger charge is 2.11. The SMILES string of the molecule is O=CC(Br)c1cc(OCc2ccccc2)cc(OCc2ccccc2)c1. The van der Waals surface area contributed by atoms with Crippen molar-refractivity contribution in [3.8, 4) is 11.5 Å². The molecule has 1 unspecified atom stereocenters. The summed E-state index contributed by atoms with van der Waals surface area (Å²) in [6, 6.07) is 25.4. The van der Waals surface area contributed by atoms with Crippen LogP contribution in [-0.4, -0.2) is 6.29 Å². The minimum Gasteiger partial charge on any atom is -0.489 e. The van der Waals surface area contributed by atoms with E-state index in [1.165, 1.54) is 0 Å². The Bertz CT molecular complexity index is 773. The number of aldehydes is 1. The first-order chi connectivity index (χ1) is 12.7. The zero-order valence-electron chi connectivity index (χ0n) is 14.2. The van der Waals surface area contributed by atoms with E-state index in [4.69, 9.17) is 9.47 Å². The van der Waals surface area contributed by atoms with E-state index in [1.54, 1.807) is 0 Å². The number of rotatable bonds is 8. The van der Waals surface area contributed by atoms with Gasteiger partial charge in [0, 0.05) is 6.07 Å². The number of hydrogen-bond acceptors (Lipinski definition) is 3. The van der Waals surface area contributed by atoms with Gasteiger partial charge in [-0.1, -0.05) is 76.6 Å². The standard InChI is InChI=1S/C22H19BrO3/c23-22(14-24)19-11-20(25-15-17-7-3-1-4-8-17)13-21(12-19)26-16-18-9-5-2-6-10-18/h1-14,22H,15-16H2. The number of alkyl halides is 1. The van der Waals surface area contributed by atoms with Crippen LogP contribution in [0.25, 0.3) is 0 Å². The Morgan fingerprint density at radius 2 is 1.23 bits per heavy atom. The molecule has 0 fully saturated rings.